The van der Waals surface area contributed by atoms with Crippen LogP contribution in [0.15, 0.2) is 48.7 Å². The molecule has 1 fully saturated rings. The highest BCUT2D eigenvalue weighted by atomic mass is 19.1. The highest BCUT2D eigenvalue weighted by molar-refractivity contribution is 5.98. The number of hydrogen-bond donors (Lipinski definition) is 3. The van der Waals surface area contributed by atoms with Crippen LogP contribution in [0.5, 0.6) is 0 Å². The van der Waals surface area contributed by atoms with Crippen LogP contribution in [-0.4, -0.2) is 36.2 Å². The van der Waals surface area contributed by atoms with Crippen LogP contribution in [0.3, 0.4) is 0 Å². The van der Waals surface area contributed by atoms with E-state index in [-0.39, 0.29) is 18.3 Å². The summed E-state index contributed by atoms with van der Waals surface area (Å²) in [7, 11) is 0. The predicted octanol–water partition coefficient (Wildman–Crippen LogP) is 3.40. The molecular formula is C20H19F2N3O. The molecule has 6 heteroatoms. The third-order valence-corrected chi connectivity index (χ3v) is 4.83. The van der Waals surface area contributed by atoms with Gasteiger partial charge < -0.3 is 15.6 Å². The fourth-order valence-corrected chi connectivity index (χ4v) is 3.37. The number of aromatic nitrogens is 1. The highest BCUT2D eigenvalue weighted by Gasteiger charge is 2.26. The number of H-pyrrole nitrogens is 1. The van der Waals surface area contributed by atoms with Crippen LogP contribution >= 0.6 is 0 Å². The van der Waals surface area contributed by atoms with Crippen molar-refractivity contribution in [3.63, 3.8) is 0 Å². The average Bonchev–Trinajstić information content (AvgIpc) is 3.06. The smallest absolute Gasteiger partial charge is 0.251 e. The second kappa shape index (κ2) is 6.88. The standard InChI is InChI=1S/C20H19F2N3O/c21-14-5-6-15-16(10-24-19(15)9-14)12-1-3-13(4-2-12)20(26)25-18-7-8-23-11-17(18)22/h1-6,9-10,17-18,23-24H,7-8,11H2,(H,25,26)/t17-,18+/m0/s1. The second-order valence-corrected chi connectivity index (χ2v) is 6.56. The van der Waals surface area contributed by atoms with Crippen molar-refractivity contribution in [2.24, 2.45) is 0 Å². The predicted molar refractivity (Wildman–Crippen MR) is 97.3 cm³/mol. The van der Waals surface area contributed by atoms with E-state index >= 15 is 0 Å². The molecular weight excluding hydrogens is 336 g/mol. The molecule has 1 saturated heterocycles. The van der Waals surface area contributed by atoms with E-state index in [1.54, 1.807) is 18.2 Å². The second-order valence-electron chi connectivity index (χ2n) is 6.56. The van der Waals surface area contributed by atoms with E-state index in [0.717, 1.165) is 22.0 Å². The van der Waals surface area contributed by atoms with Crippen molar-refractivity contribution in [2.75, 3.05) is 13.1 Å². The quantitative estimate of drug-likeness (QED) is 0.674. The molecule has 0 saturated carbocycles. The Kier molecular flexibility index (Phi) is 4.42. The molecule has 1 aromatic heterocycles. The van der Waals surface area contributed by atoms with E-state index in [1.807, 2.05) is 18.3 Å². The monoisotopic (exact) mass is 355 g/mol. The average molecular weight is 355 g/mol. The molecule has 1 amide bonds. The zero-order valence-electron chi connectivity index (χ0n) is 14.1. The Morgan fingerprint density at radius 3 is 2.73 bits per heavy atom. The lowest BCUT2D eigenvalue weighted by atomic mass is 10.0. The number of aromatic amines is 1. The number of amides is 1. The molecule has 0 unspecified atom stereocenters. The zero-order valence-corrected chi connectivity index (χ0v) is 14.1. The number of benzene rings is 2. The first-order chi connectivity index (χ1) is 12.6. The van der Waals surface area contributed by atoms with Gasteiger partial charge in [-0.2, -0.15) is 0 Å². The number of halogens is 2. The summed E-state index contributed by atoms with van der Waals surface area (Å²) in [6.07, 6.45) is 1.33. The number of alkyl halides is 1. The molecule has 4 rings (SSSR count). The minimum absolute atomic E-state index is 0.269. The maximum absolute atomic E-state index is 13.8. The van der Waals surface area contributed by atoms with Crippen LogP contribution in [0.4, 0.5) is 8.78 Å². The van der Waals surface area contributed by atoms with E-state index in [1.165, 1.54) is 12.1 Å². The number of hydrogen-bond acceptors (Lipinski definition) is 2. The van der Waals surface area contributed by atoms with Gasteiger partial charge in [-0.1, -0.05) is 12.1 Å². The van der Waals surface area contributed by atoms with Gasteiger partial charge in [0.1, 0.15) is 12.0 Å². The molecule has 2 aromatic carbocycles. The van der Waals surface area contributed by atoms with Crippen molar-refractivity contribution in [3.8, 4) is 11.1 Å². The van der Waals surface area contributed by atoms with Crippen molar-refractivity contribution < 1.29 is 13.6 Å². The third kappa shape index (κ3) is 3.20. The molecule has 3 aromatic rings. The molecule has 134 valence electrons. The first-order valence-electron chi connectivity index (χ1n) is 8.64. The summed E-state index contributed by atoms with van der Waals surface area (Å²) in [6.45, 7) is 0.969. The number of piperidine rings is 1. The van der Waals surface area contributed by atoms with E-state index in [2.05, 4.69) is 15.6 Å². The van der Waals surface area contributed by atoms with Gasteiger partial charge in [0.05, 0.1) is 6.04 Å². The van der Waals surface area contributed by atoms with E-state index < -0.39 is 12.2 Å². The van der Waals surface area contributed by atoms with Gasteiger partial charge in [-0.15, -0.1) is 0 Å². The summed E-state index contributed by atoms with van der Waals surface area (Å²) < 4.78 is 27.2. The van der Waals surface area contributed by atoms with E-state index in [0.29, 0.717) is 18.5 Å². The Hall–Kier alpha value is -2.73. The van der Waals surface area contributed by atoms with Crippen molar-refractivity contribution in [3.05, 3.63) is 60.0 Å². The molecule has 0 aliphatic carbocycles. The summed E-state index contributed by atoms with van der Waals surface area (Å²) in [5.41, 5.74) is 3.07. The maximum Gasteiger partial charge on any atom is 0.251 e. The third-order valence-electron chi connectivity index (χ3n) is 4.83. The largest absolute Gasteiger partial charge is 0.360 e. The first-order valence-corrected chi connectivity index (χ1v) is 8.64. The first kappa shape index (κ1) is 16.7. The van der Waals surface area contributed by atoms with Gasteiger partial charge in [-0.05, 0) is 48.9 Å². The topological polar surface area (TPSA) is 56.9 Å². The minimum atomic E-state index is -1.07. The van der Waals surface area contributed by atoms with E-state index in [4.69, 9.17) is 0 Å². The Morgan fingerprint density at radius 1 is 1.15 bits per heavy atom. The lowest BCUT2D eigenvalue weighted by molar-refractivity contribution is 0.0892. The van der Waals surface area contributed by atoms with Crippen LogP contribution in [0.2, 0.25) is 0 Å². The lowest BCUT2D eigenvalue weighted by Gasteiger charge is -2.27. The Labute approximate surface area is 149 Å². The zero-order chi connectivity index (χ0) is 18.1. The Morgan fingerprint density at radius 2 is 1.96 bits per heavy atom. The van der Waals surface area contributed by atoms with Crippen LogP contribution in [-0.2, 0) is 0 Å². The summed E-state index contributed by atoms with van der Waals surface area (Å²) in [4.78, 5) is 15.4. The maximum atomic E-state index is 13.8. The van der Waals surface area contributed by atoms with Gasteiger partial charge in [0.2, 0.25) is 0 Å². The SMILES string of the molecule is O=C(N[C@@H]1CCNC[C@@H]1F)c1ccc(-c2c[nH]c3cc(F)ccc23)cc1. The van der Waals surface area contributed by atoms with E-state index in [9.17, 15) is 13.6 Å². The van der Waals surface area contributed by atoms with Gasteiger partial charge in [0.15, 0.2) is 0 Å². The highest BCUT2D eigenvalue weighted by Crippen LogP contribution is 2.29. The normalized spacial score (nSPS) is 20.2. The van der Waals surface area contributed by atoms with Gasteiger partial charge in [-0.25, -0.2) is 8.78 Å². The molecule has 2 heterocycles. The molecule has 1 aliphatic heterocycles. The molecule has 0 radical (unpaired) electrons. The number of nitrogens with one attached hydrogen (secondary N) is 3. The van der Waals surface area contributed by atoms with Crippen molar-refractivity contribution in [1.82, 2.24) is 15.6 Å². The number of rotatable bonds is 3. The molecule has 26 heavy (non-hydrogen) atoms. The summed E-state index contributed by atoms with van der Waals surface area (Å²) in [6, 6.07) is 11.3. The van der Waals surface area contributed by atoms with Crippen LogP contribution in [0, 0.1) is 5.82 Å². The van der Waals surface area contributed by atoms with Gasteiger partial charge in [0, 0.05) is 34.8 Å². The molecule has 4 nitrogen and oxygen atoms in total. The van der Waals surface area contributed by atoms with Crippen LogP contribution in [0.1, 0.15) is 16.8 Å². The number of carbonyl (C=O) groups is 1. The minimum Gasteiger partial charge on any atom is -0.360 e. The number of fused-ring (bicyclic) bond motifs is 1. The van der Waals surface area contributed by atoms with Crippen LogP contribution in [0.25, 0.3) is 22.0 Å². The molecule has 0 spiro atoms. The lowest BCUT2D eigenvalue weighted by Crippen LogP contribution is -2.50. The molecule has 0 bridgehead atoms. The van der Waals surface area contributed by atoms with Gasteiger partial charge in [-0.3, -0.25) is 4.79 Å². The molecule has 2 atom stereocenters. The van der Waals surface area contributed by atoms with Crippen molar-refractivity contribution in [1.29, 1.82) is 0 Å². The van der Waals surface area contributed by atoms with Crippen LogP contribution < -0.4 is 10.6 Å². The van der Waals surface area contributed by atoms with Crippen molar-refractivity contribution in [2.45, 2.75) is 18.6 Å². The fourth-order valence-electron chi connectivity index (χ4n) is 3.37. The number of carbonyl (C=O) groups excluding carboxylic acids is 1. The van der Waals surface area contributed by atoms with Crippen molar-refractivity contribution >= 4 is 16.8 Å². The summed E-state index contributed by atoms with van der Waals surface area (Å²) in [5, 5.41) is 6.65. The Balaban J connectivity index is 1.53. The molecule has 1 aliphatic rings. The van der Waals surface area contributed by atoms with Gasteiger partial charge >= 0.3 is 0 Å². The summed E-state index contributed by atoms with van der Waals surface area (Å²) >= 11 is 0. The fraction of sp³-hybridized carbons (Fsp3) is 0.250. The van der Waals surface area contributed by atoms with Gasteiger partial charge in [0.25, 0.3) is 5.91 Å². The Bertz CT molecular complexity index is 936. The summed E-state index contributed by atoms with van der Waals surface area (Å²) in [5.74, 6) is -0.561. The molecule has 3 N–H and O–H groups in total.